The molecule has 0 radical (unpaired) electrons. The number of benzene rings is 3. The largest absolute Gasteiger partial charge is 0.361 e. The number of rotatable bonds is 9. The number of para-hydroxylation sites is 1. The van der Waals surface area contributed by atoms with Gasteiger partial charge in [-0.15, -0.1) is 0 Å². The van der Waals surface area contributed by atoms with Gasteiger partial charge in [0, 0.05) is 18.1 Å². The average molecular weight is 447 g/mol. The molecule has 0 heterocycles. The molecule has 0 aliphatic carbocycles. The Bertz CT molecular complexity index is 1060. The molecule has 1 atom stereocenters. The highest BCUT2D eigenvalue weighted by molar-refractivity contribution is 7.89. The van der Waals surface area contributed by atoms with Crippen molar-refractivity contribution in [3.05, 3.63) is 95.3 Å². The lowest BCUT2D eigenvalue weighted by Gasteiger charge is -2.34. The zero-order chi connectivity index (χ0) is 21.6. The number of anilines is 1. The first-order valence-electron chi connectivity index (χ1n) is 9.73. The van der Waals surface area contributed by atoms with Crippen molar-refractivity contribution in [3.8, 4) is 0 Å². The van der Waals surface area contributed by atoms with E-state index >= 15 is 0 Å². The summed E-state index contributed by atoms with van der Waals surface area (Å²) >= 11 is 5.87. The third-order valence-corrected chi connectivity index (χ3v) is 6.47. The van der Waals surface area contributed by atoms with E-state index in [2.05, 4.69) is 4.72 Å². The van der Waals surface area contributed by atoms with E-state index in [1.807, 2.05) is 42.2 Å². The number of nitrogens with one attached hydrogen (secondary N) is 1. The quantitative estimate of drug-likeness (QED) is 0.477. The maximum absolute atomic E-state index is 14.6. The molecule has 3 rings (SSSR count). The van der Waals surface area contributed by atoms with Crippen molar-refractivity contribution < 1.29 is 12.8 Å². The molecule has 0 aliphatic rings. The van der Waals surface area contributed by atoms with Crippen LogP contribution in [0.1, 0.15) is 24.9 Å². The van der Waals surface area contributed by atoms with Crippen molar-refractivity contribution in [2.45, 2.75) is 24.3 Å². The number of hydrogen-bond donors (Lipinski definition) is 1. The molecule has 7 heteroatoms. The van der Waals surface area contributed by atoms with Crippen molar-refractivity contribution in [3.63, 3.8) is 0 Å². The van der Waals surface area contributed by atoms with Crippen LogP contribution >= 0.6 is 11.6 Å². The van der Waals surface area contributed by atoms with Gasteiger partial charge in [0.05, 0.1) is 16.6 Å². The first-order chi connectivity index (χ1) is 14.4. The molecule has 0 saturated heterocycles. The summed E-state index contributed by atoms with van der Waals surface area (Å²) in [5.74, 6) is -0.340. The summed E-state index contributed by atoms with van der Waals surface area (Å²) in [6, 6.07) is 21.7. The normalized spacial score (nSPS) is 12.5. The lowest BCUT2D eigenvalue weighted by molar-refractivity contribution is 0.547. The molecular formula is C23H24ClFN2O2S. The van der Waals surface area contributed by atoms with E-state index in [1.54, 1.807) is 18.2 Å². The summed E-state index contributed by atoms with van der Waals surface area (Å²) in [7, 11) is -3.75. The van der Waals surface area contributed by atoms with Gasteiger partial charge in [0.15, 0.2) is 0 Å². The molecule has 0 amide bonds. The summed E-state index contributed by atoms with van der Waals surface area (Å²) in [5, 5.41) is 0.463. The maximum atomic E-state index is 14.6. The van der Waals surface area contributed by atoms with E-state index in [4.69, 9.17) is 11.6 Å². The van der Waals surface area contributed by atoms with Crippen LogP contribution in [0.15, 0.2) is 83.8 Å². The van der Waals surface area contributed by atoms with Crippen molar-refractivity contribution in [2.24, 2.45) is 0 Å². The van der Waals surface area contributed by atoms with Crippen LogP contribution in [0.4, 0.5) is 10.1 Å². The number of halogens is 2. The minimum absolute atomic E-state index is 0.0866. The summed E-state index contributed by atoms with van der Waals surface area (Å²) in [6.07, 6.45) is 0.779. The van der Waals surface area contributed by atoms with Gasteiger partial charge in [-0.25, -0.2) is 17.5 Å². The molecule has 30 heavy (non-hydrogen) atoms. The van der Waals surface area contributed by atoms with E-state index in [0.717, 1.165) is 12.0 Å². The second-order valence-corrected chi connectivity index (χ2v) is 9.08. The van der Waals surface area contributed by atoms with Gasteiger partial charge in [0.2, 0.25) is 10.0 Å². The SMILES string of the molecule is CCCN(c1ccccc1F)[C@@H](CNS(=O)(=O)c1ccc(Cl)cc1)c1ccccc1. The molecule has 0 spiro atoms. The highest BCUT2D eigenvalue weighted by Crippen LogP contribution is 2.29. The van der Waals surface area contributed by atoms with E-state index in [0.29, 0.717) is 17.3 Å². The molecule has 4 nitrogen and oxygen atoms in total. The fourth-order valence-corrected chi connectivity index (χ4v) is 4.50. The Morgan fingerprint density at radius 1 is 0.967 bits per heavy atom. The van der Waals surface area contributed by atoms with Crippen LogP contribution in [0, 0.1) is 5.82 Å². The number of sulfonamides is 1. The molecule has 0 bridgehead atoms. The predicted molar refractivity (Wildman–Crippen MR) is 120 cm³/mol. The molecule has 3 aromatic rings. The lowest BCUT2D eigenvalue weighted by Crippen LogP contribution is -2.39. The Hall–Kier alpha value is -2.41. The van der Waals surface area contributed by atoms with Gasteiger partial charge in [-0.2, -0.15) is 0 Å². The second-order valence-electron chi connectivity index (χ2n) is 6.88. The number of nitrogens with zero attached hydrogens (tertiary/aromatic N) is 1. The Morgan fingerprint density at radius 3 is 2.23 bits per heavy atom. The fourth-order valence-electron chi connectivity index (χ4n) is 3.34. The molecule has 0 aromatic heterocycles. The zero-order valence-corrected chi connectivity index (χ0v) is 18.2. The minimum atomic E-state index is -3.75. The van der Waals surface area contributed by atoms with Gasteiger partial charge in [-0.05, 0) is 48.4 Å². The molecule has 3 aromatic carbocycles. The molecule has 0 unspecified atom stereocenters. The van der Waals surface area contributed by atoms with Crippen LogP contribution in [0.25, 0.3) is 0 Å². The first kappa shape index (κ1) is 22.3. The second kappa shape index (κ2) is 10.1. The molecule has 0 aliphatic heterocycles. The van der Waals surface area contributed by atoms with E-state index in [-0.39, 0.29) is 23.3 Å². The lowest BCUT2D eigenvalue weighted by atomic mass is 10.0. The highest BCUT2D eigenvalue weighted by Gasteiger charge is 2.25. The minimum Gasteiger partial charge on any atom is -0.361 e. The summed E-state index contributed by atoms with van der Waals surface area (Å²) in [5.41, 5.74) is 1.34. The van der Waals surface area contributed by atoms with E-state index in [1.165, 1.54) is 30.3 Å². The summed E-state index contributed by atoms with van der Waals surface area (Å²) < 4.78 is 42.9. The van der Waals surface area contributed by atoms with Crippen LogP contribution < -0.4 is 9.62 Å². The molecular weight excluding hydrogens is 423 g/mol. The van der Waals surface area contributed by atoms with Gasteiger partial charge in [-0.3, -0.25) is 0 Å². The van der Waals surface area contributed by atoms with Crippen molar-refractivity contribution in [1.82, 2.24) is 4.72 Å². The highest BCUT2D eigenvalue weighted by atomic mass is 35.5. The third kappa shape index (κ3) is 5.39. The zero-order valence-electron chi connectivity index (χ0n) is 16.6. The molecule has 158 valence electrons. The predicted octanol–water partition coefficient (Wildman–Crippen LogP) is 5.42. The van der Waals surface area contributed by atoms with Gasteiger partial charge < -0.3 is 4.90 Å². The molecule has 1 N–H and O–H groups in total. The maximum Gasteiger partial charge on any atom is 0.240 e. The molecule has 0 fully saturated rings. The first-order valence-corrected chi connectivity index (χ1v) is 11.6. The fraction of sp³-hybridized carbons (Fsp3) is 0.217. The molecule has 0 saturated carbocycles. The monoisotopic (exact) mass is 446 g/mol. The van der Waals surface area contributed by atoms with E-state index in [9.17, 15) is 12.8 Å². The summed E-state index contributed by atoms with van der Waals surface area (Å²) in [4.78, 5) is 2.04. The third-order valence-electron chi connectivity index (χ3n) is 4.78. The van der Waals surface area contributed by atoms with Crippen LogP contribution in [-0.4, -0.2) is 21.5 Å². The smallest absolute Gasteiger partial charge is 0.240 e. The number of hydrogen-bond acceptors (Lipinski definition) is 3. The van der Waals surface area contributed by atoms with Gasteiger partial charge in [0.1, 0.15) is 5.82 Å². The van der Waals surface area contributed by atoms with E-state index < -0.39 is 10.0 Å². The average Bonchev–Trinajstić information content (AvgIpc) is 2.75. The Balaban J connectivity index is 1.94. The van der Waals surface area contributed by atoms with Crippen molar-refractivity contribution >= 4 is 27.3 Å². The van der Waals surface area contributed by atoms with Gasteiger partial charge >= 0.3 is 0 Å². The van der Waals surface area contributed by atoms with Gasteiger partial charge in [0.25, 0.3) is 0 Å². The van der Waals surface area contributed by atoms with Crippen LogP contribution in [-0.2, 0) is 10.0 Å². The standard InChI is InChI=1S/C23H24ClFN2O2S/c1-2-16-27(22-11-7-6-10-21(22)25)23(18-8-4-3-5-9-18)17-26-30(28,29)20-14-12-19(24)13-15-20/h3-15,23,26H,2,16-17H2,1H3/t23-/m0/s1. The van der Waals surface area contributed by atoms with Crippen LogP contribution in [0.5, 0.6) is 0 Å². The van der Waals surface area contributed by atoms with Gasteiger partial charge in [-0.1, -0.05) is 61.0 Å². The van der Waals surface area contributed by atoms with Crippen molar-refractivity contribution in [1.29, 1.82) is 0 Å². The van der Waals surface area contributed by atoms with Crippen LogP contribution in [0.3, 0.4) is 0 Å². The Labute approximate surface area is 182 Å². The summed E-state index contributed by atoms with van der Waals surface area (Å²) in [6.45, 7) is 2.67. The topological polar surface area (TPSA) is 49.4 Å². The van der Waals surface area contributed by atoms with Crippen molar-refractivity contribution in [2.75, 3.05) is 18.0 Å². The Morgan fingerprint density at radius 2 is 1.60 bits per heavy atom. The van der Waals surface area contributed by atoms with Crippen LogP contribution in [0.2, 0.25) is 5.02 Å². The Kier molecular flexibility index (Phi) is 7.48.